The lowest BCUT2D eigenvalue weighted by Crippen LogP contribution is -2.47. The SMILES string of the molecule is c1cnn(-c2ccc(N3CCN(c4cc5c(nn4)CCCC5)CC3)nn2)c1. The van der Waals surface area contributed by atoms with E-state index < -0.39 is 0 Å². The molecular formula is C19H22N8. The topological polar surface area (TPSA) is 75.9 Å². The van der Waals surface area contributed by atoms with Crippen molar-refractivity contribution in [2.24, 2.45) is 0 Å². The number of nitrogens with zero attached hydrogens (tertiary/aromatic N) is 8. The Morgan fingerprint density at radius 2 is 1.44 bits per heavy atom. The van der Waals surface area contributed by atoms with Crippen molar-refractivity contribution in [2.45, 2.75) is 25.7 Å². The quantitative estimate of drug-likeness (QED) is 0.701. The van der Waals surface area contributed by atoms with E-state index in [9.17, 15) is 0 Å². The van der Waals surface area contributed by atoms with Gasteiger partial charge in [0.1, 0.15) is 0 Å². The average Bonchev–Trinajstić information content (AvgIpc) is 3.29. The molecule has 0 amide bonds. The maximum absolute atomic E-state index is 4.47. The maximum Gasteiger partial charge on any atom is 0.175 e. The van der Waals surface area contributed by atoms with Crippen LogP contribution in [-0.2, 0) is 12.8 Å². The van der Waals surface area contributed by atoms with Crippen molar-refractivity contribution < 1.29 is 0 Å². The van der Waals surface area contributed by atoms with Gasteiger partial charge in [-0.1, -0.05) is 0 Å². The lowest BCUT2D eigenvalue weighted by Gasteiger charge is -2.35. The van der Waals surface area contributed by atoms with Gasteiger partial charge in [-0.3, -0.25) is 0 Å². The number of hydrogen-bond donors (Lipinski definition) is 0. The highest BCUT2D eigenvalue weighted by atomic mass is 15.4. The van der Waals surface area contributed by atoms with Crippen LogP contribution in [0.3, 0.4) is 0 Å². The summed E-state index contributed by atoms with van der Waals surface area (Å²) in [5, 5.41) is 21.8. The smallest absolute Gasteiger partial charge is 0.175 e. The van der Waals surface area contributed by atoms with Crippen molar-refractivity contribution in [1.29, 1.82) is 0 Å². The van der Waals surface area contributed by atoms with Crippen LogP contribution in [0.25, 0.3) is 5.82 Å². The van der Waals surface area contributed by atoms with E-state index in [0.717, 1.165) is 56.5 Å². The molecule has 8 heteroatoms. The number of hydrogen-bond acceptors (Lipinski definition) is 7. The lowest BCUT2D eigenvalue weighted by molar-refractivity contribution is 0.620. The molecule has 0 aromatic carbocycles. The van der Waals surface area contributed by atoms with Gasteiger partial charge in [-0.25, -0.2) is 4.68 Å². The standard InChI is InChI=1S/C19H22N8/c1-2-5-16-15(4-1)14-19(24-21-16)26-12-10-25(11-13-26)17-6-7-18(23-22-17)27-9-3-8-20-27/h3,6-9,14H,1-2,4-5,10-13H2. The van der Waals surface area contributed by atoms with Gasteiger partial charge in [0.15, 0.2) is 17.5 Å². The van der Waals surface area contributed by atoms with Crippen molar-refractivity contribution in [3.63, 3.8) is 0 Å². The molecule has 0 unspecified atom stereocenters. The predicted octanol–water partition coefficient (Wildman–Crippen LogP) is 1.66. The summed E-state index contributed by atoms with van der Waals surface area (Å²) >= 11 is 0. The Hall–Kier alpha value is -3.03. The first-order valence-corrected chi connectivity index (χ1v) is 9.56. The second-order valence-corrected chi connectivity index (χ2v) is 7.06. The Bertz CT molecular complexity index is 898. The van der Waals surface area contributed by atoms with E-state index in [4.69, 9.17) is 0 Å². The molecule has 0 spiro atoms. The van der Waals surface area contributed by atoms with Gasteiger partial charge in [-0.15, -0.1) is 15.3 Å². The van der Waals surface area contributed by atoms with Crippen LogP contribution in [-0.4, -0.2) is 56.4 Å². The third-order valence-electron chi connectivity index (χ3n) is 5.36. The summed E-state index contributed by atoms with van der Waals surface area (Å²) in [5.74, 6) is 2.64. The molecule has 1 fully saturated rings. The molecule has 3 aromatic rings. The molecule has 2 aliphatic rings. The first-order valence-electron chi connectivity index (χ1n) is 9.56. The van der Waals surface area contributed by atoms with Gasteiger partial charge < -0.3 is 9.80 Å². The summed E-state index contributed by atoms with van der Waals surface area (Å²) in [5.41, 5.74) is 2.57. The number of aromatic nitrogens is 6. The molecule has 1 aliphatic heterocycles. The fourth-order valence-corrected chi connectivity index (χ4v) is 3.81. The molecule has 27 heavy (non-hydrogen) atoms. The van der Waals surface area contributed by atoms with E-state index in [1.165, 1.54) is 24.1 Å². The summed E-state index contributed by atoms with van der Waals surface area (Å²) in [6, 6.07) is 8.09. The summed E-state index contributed by atoms with van der Waals surface area (Å²) in [6.45, 7) is 3.62. The molecular weight excluding hydrogens is 340 g/mol. The van der Waals surface area contributed by atoms with E-state index in [-0.39, 0.29) is 0 Å². The van der Waals surface area contributed by atoms with Crippen LogP contribution < -0.4 is 9.80 Å². The minimum atomic E-state index is 0.728. The first kappa shape index (κ1) is 16.2. The highest BCUT2D eigenvalue weighted by Crippen LogP contribution is 2.23. The normalized spacial score (nSPS) is 17.0. The van der Waals surface area contributed by atoms with Crippen LogP contribution in [0.15, 0.2) is 36.7 Å². The van der Waals surface area contributed by atoms with Crippen LogP contribution in [0.2, 0.25) is 0 Å². The second kappa shape index (κ2) is 6.94. The van der Waals surface area contributed by atoms with Crippen molar-refractivity contribution in [3.8, 4) is 5.82 Å². The number of rotatable bonds is 3. The number of piperazine rings is 1. The number of anilines is 2. The van der Waals surface area contributed by atoms with Crippen molar-refractivity contribution in [3.05, 3.63) is 47.9 Å². The van der Waals surface area contributed by atoms with Crippen LogP contribution in [0.1, 0.15) is 24.1 Å². The van der Waals surface area contributed by atoms with E-state index in [1.807, 2.05) is 24.4 Å². The molecule has 0 saturated carbocycles. The molecule has 1 aliphatic carbocycles. The predicted molar refractivity (Wildman–Crippen MR) is 102 cm³/mol. The summed E-state index contributed by atoms with van der Waals surface area (Å²) in [6.07, 6.45) is 8.30. The average molecular weight is 362 g/mol. The van der Waals surface area contributed by atoms with Crippen LogP contribution in [0, 0.1) is 0 Å². The monoisotopic (exact) mass is 362 g/mol. The Kier molecular flexibility index (Phi) is 4.16. The minimum Gasteiger partial charge on any atom is -0.352 e. The van der Waals surface area contributed by atoms with E-state index in [2.05, 4.69) is 41.4 Å². The Morgan fingerprint density at radius 1 is 0.741 bits per heavy atom. The van der Waals surface area contributed by atoms with Gasteiger partial charge in [0.05, 0.1) is 5.69 Å². The highest BCUT2D eigenvalue weighted by Gasteiger charge is 2.21. The molecule has 0 N–H and O–H groups in total. The third kappa shape index (κ3) is 3.22. The molecule has 4 heterocycles. The zero-order chi connectivity index (χ0) is 18.1. The van der Waals surface area contributed by atoms with E-state index in [0.29, 0.717) is 0 Å². The maximum atomic E-state index is 4.47. The minimum absolute atomic E-state index is 0.728. The van der Waals surface area contributed by atoms with Crippen LogP contribution >= 0.6 is 0 Å². The van der Waals surface area contributed by atoms with Gasteiger partial charge in [0.25, 0.3) is 0 Å². The highest BCUT2D eigenvalue weighted by molar-refractivity contribution is 5.46. The van der Waals surface area contributed by atoms with Gasteiger partial charge in [0.2, 0.25) is 0 Å². The van der Waals surface area contributed by atoms with Crippen molar-refractivity contribution in [2.75, 3.05) is 36.0 Å². The van der Waals surface area contributed by atoms with E-state index in [1.54, 1.807) is 10.9 Å². The lowest BCUT2D eigenvalue weighted by atomic mass is 9.97. The largest absolute Gasteiger partial charge is 0.352 e. The van der Waals surface area contributed by atoms with Crippen LogP contribution in [0.4, 0.5) is 11.6 Å². The summed E-state index contributed by atoms with van der Waals surface area (Å²) in [7, 11) is 0. The van der Waals surface area contributed by atoms with Gasteiger partial charge >= 0.3 is 0 Å². The second-order valence-electron chi connectivity index (χ2n) is 7.06. The Morgan fingerprint density at radius 3 is 2.19 bits per heavy atom. The molecule has 1 saturated heterocycles. The van der Waals surface area contributed by atoms with Gasteiger partial charge in [-0.05, 0) is 55.5 Å². The number of fused-ring (bicyclic) bond motifs is 1. The fraction of sp³-hybridized carbons (Fsp3) is 0.421. The Balaban J connectivity index is 1.25. The zero-order valence-electron chi connectivity index (χ0n) is 15.2. The van der Waals surface area contributed by atoms with Crippen molar-refractivity contribution >= 4 is 11.6 Å². The van der Waals surface area contributed by atoms with Crippen LogP contribution in [0.5, 0.6) is 0 Å². The molecule has 0 atom stereocenters. The fourth-order valence-electron chi connectivity index (χ4n) is 3.81. The summed E-state index contributed by atoms with van der Waals surface area (Å²) < 4.78 is 1.71. The van der Waals surface area contributed by atoms with Gasteiger partial charge in [-0.2, -0.15) is 10.2 Å². The first-order chi connectivity index (χ1) is 13.4. The molecule has 5 rings (SSSR count). The Labute approximate surface area is 157 Å². The molecule has 0 radical (unpaired) electrons. The molecule has 3 aromatic heterocycles. The zero-order valence-corrected chi connectivity index (χ0v) is 15.2. The molecule has 0 bridgehead atoms. The van der Waals surface area contributed by atoms with Gasteiger partial charge in [0, 0.05) is 38.6 Å². The number of aryl methyl sites for hydroxylation is 2. The molecule has 8 nitrogen and oxygen atoms in total. The van der Waals surface area contributed by atoms with Crippen molar-refractivity contribution in [1.82, 2.24) is 30.2 Å². The van der Waals surface area contributed by atoms with E-state index >= 15 is 0 Å². The summed E-state index contributed by atoms with van der Waals surface area (Å²) in [4.78, 5) is 4.59. The third-order valence-corrected chi connectivity index (χ3v) is 5.36. The molecule has 138 valence electrons.